The van der Waals surface area contributed by atoms with Gasteiger partial charge in [0.1, 0.15) is 5.75 Å². The van der Waals surface area contributed by atoms with Crippen LogP contribution in [0.5, 0.6) is 5.75 Å². The maximum Gasteiger partial charge on any atom is 0.230 e. The average molecular weight is 417 g/mol. The average Bonchev–Trinajstić information content (AvgIpc) is 3.34. The predicted molar refractivity (Wildman–Crippen MR) is 114 cm³/mol. The van der Waals surface area contributed by atoms with Gasteiger partial charge in [-0.25, -0.2) is 0 Å². The zero-order chi connectivity index (χ0) is 20.1. The Kier molecular flexibility index (Phi) is 6.74. The number of nitrogens with one attached hydrogen (secondary N) is 1. The normalized spacial score (nSPS) is 12.2. The van der Waals surface area contributed by atoms with Crippen molar-refractivity contribution in [2.45, 2.75) is 25.0 Å². The summed E-state index contributed by atoms with van der Waals surface area (Å²) in [6, 6.07) is 11.8. The van der Waals surface area contributed by atoms with Crippen molar-refractivity contribution in [3.63, 3.8) is 0 Å². The first-order valence-corrected chi connectivity index (χ1v) is 10.9. The van der Waals surface area contributed by atoms with Crippen LogP contribution in [-0.4, -0.2) is 33.5 Å². The monoisotopic (exact) mass is 416 g/mol. The molecule has 3 aromatic rings. The van der Waals surface area contributed by atoms with Crippen molar-refractivity contribution in [2.24, 2.45) is 13.0 Å². The highest BCUT2D eigenvalue weighted by Crippen LogP contribution is 2.27. The second-order valence-corrected chi connectivity index (χ2v) is 8.58. The Labute approximate surface area is 173 Å². The van der Waals surface area contributed by atoms with Crippen LogP contribution in [-0.2, 0) is 11.8 Å². The molecule has 1 N–H and O–H groups in total. The SMILES string of the molecule is COc1ccc(C(NC(=O)CSc2nnc(-c3cccs3)n2C)C(C)C)cc1. The van der Waals surface area contributed by atoms with Crippen LogP contribution in [0.25, 0.3) is 10.7 Å². The number of hydrogen-bond acceptors (Lipinski definition) is 6. The van der Waals surface area contributed by atoms with E-state index in [0.717, 1.165) is 27.2 Å². The summed E-state index contributed by atoms with van der Waals surface area (Å²) in [6.45, 7) is 4.19. The summed E-state index contributed by atoms with van der Waals surface area (Å²) >= 11 is 3.01. The van der Waals surface area contributed by atoms with Crippen molar-refractivity contribution < 1.29 is 9.53 Å². The van der Waals surface area contributed by atoms with E-state index in [-0.39, 0.29) is 23.6 Å². The minimum Gasteiger partial charge on any atom is -0.497 e. The Morgan fingerprint density at radius 1 is 1.25 bits per heavy atom. The molecule has 148 valence electrons. The standard InChI is InChI=1S/C20H24N4O2S2/c1-13(2)18(14-7-9-15(26-4)10-8-14)21-17(25)12-28-20-23-22-19(24(20)3)16-6-5-11-27-16/h5-11,13,18H,12H2,1-4H3,(H,21,25). The van der Waals surface area contributed by atoms with E-state index in [4.69, 9.17) is 4.74 Å². The number of nitrogens with zero attached hydrogens (tertiary/aromatic N) is 3. The number of methoxy groups -OCH3 is 1. The fraction of sp³-hybridized carbons (Fsp3) is 0.350. The zero-order valence-electron chi connectivity index (χ0n) is 16.4. The number of thioether (sulfide) groups is 1. The lowest BCUT2D eigenvalue weighted by atomic mass is 9.96. The van der Waals surface area contributed by atoms with Crippen molar-refractivity contribution >= 4 is 29.0 Å². The molecule has 0 fully saturated rings. The fourth-order valence-corrected chi connectivity index (χ4v) is 4.32. The van der Waals surface area contributed by atoms with Crippen LogP contribution in [0.15, 0.2) is 46.9 Å². The van der Waals surface area contributed by atoms with Gasteiger partial charge in [0, 0.05) is 7.05 Å². The summed E-state index contributed by atoms with van der Waals surface area (Å²) < 4.78 is 7.14. The molecule has 0 aliphatic rings. The molecule has 3 rings (SSSR count). The van der Waals surface area contributed by atoms with Gasteiger partial charge in [0.15, 0.2) is 11.0 Å². The van der Waals surface area contributed by atoms with Crippen molar-refractivity contribution in [1.82, 2.24) is 20.1 Å². The van der Waals surface area contributed by atoms with Crippen molar-refractivity contribution in [1.29, 1.82) is 0 Å². The number of benzene rings is 1. The van der Waals surface area contributed by atoms with Gasteiger partial charge in [0.25, 0.3) is 0 Å². The number of ether oxygens (including phenoxy) is 1. The summed E-state index contributed by atoms with van der Waals surface area (Å²) in [5, 5.41) is 14.3. The molecule has 8 heteroatoms. The largest absolute Gasteiger partial charge is 0.497 e. The minimum absolute atomic E-state index is 0.0276. The highest BCUT2D eigenvalue weighted by Gasteiger charge is 2.19. The van der Waals surface area contributed by atoms with Gasteiger partial charge in [0.2, 0.25) is 5.91 Å². The zero-order valence-corrected chi connectivity index (χ0v) is 18.0. The van der Waals surface area contributed by atoms with E-state index in [2.05, 4.69) is 29.4 Å². The molecule has 0 saturated carbocycles. The maximum absolute atomic E-state index is 12.6. The lowest BCUT2D eigenvalue weighted by molar-refractivity contribution is -0.119. The van der Waals surface area contributed by atoms with Gasteiger partial charge >= 0.3 is 0 Å². The third kappa shape index (κ3) is 4.74. The van der Waals surface area contributed by atoms with E-state index in [0.29, 0.717) is 0 Å². The number of thiophene rings is 1. The Morgan fingerprint density at radius 2 is 2.00 bits per heavy atom. The van der Waals surface area contributed by atoms with Crippen LogP contribution in [0.2, 0.25) is 0 Å². The molecule has 1 unspecified atom stereocenters. The van der Waals surface area contributed by atoms with Gasteiger partial charge in [-0.15, -0.1) is 21.5 Å². The molecule has 0 radical (unpaired) electrons. The second-order valence-electron chi connectivity index (χ2n) is 6.69. The second kappa shape index (κ2) is 9.25. The van der Waals surface area contributed by atoms with E-state index in [1.807, 2.05) is 53.4 Å². The lowest BCUT2D eigenvalue weighted by Crippen LogP contribution is -2.33. The minimum atomic E-state index is -0.0554. The van der Waals surface area contributed by atoms with Gasteiger partial charge in [-0.05, 0) is 35.1 Å². The van der Waals surface area contributed by atoms with Gasteiger partial charge in [-0.2, -0.15) is 0 Å². The number of hydrogen-bond donors (Lipinski definition) is 1. The van der Waals surface area contributed by atoms with Gasteiger partial charge in [-0.3, -0.25) is 4.79 Å². The molecular formula is C20H24N4O2S2. The smallest absolute Gasteiger partial charge is 0.230 e. The van der Waals surface area contributed by atoms with Crippen molar-refractivity contribution in [3.8, 4) is 16.5 Å². The molecule has 6 nitrogen and oxygen atoms in total. The quantitative estimate of drug-likeness (QED) is 0.559. The number of carbonyl (C=O) groups is 1. The highest BCUT2D eigenvalue weighted by atomic mass is 32.2. The summed E-state index contributed by atoms with van der Waals surface area (Å²) in [5.74, 6) is 2.14. The van der Waals surface area contributed by atoms with E-state index in [9.17, 15) is 4.79 Å². The van der Waals surface area contributed by atoms with Crippen LogP contribution in [0.4, 0.5) is 0 Å². The molecule has 28 heavy (non-hydrogen) atoms. The summed E-state index contributed by atoms with van der Waals surface area (Å²) in [4.78, 5) is 13.6. The molecule has 1 amide bonds. The molecule has 1 atom stereocenters. The Hall–Kier alpha value is -2.32. The predicted octanol–water partition coefficient (Wildman–Crippen LogP) is 4.16. The van der Waals surface area contributed by atoms with Gasteiger partial charge < -0.3 is 14.6 Å². The van der Waals surface area contributed by atoms with Crippen LogP contribution >= 0.6 is 23.1 Å². The van der Waals surface area contributed by atoms with E-state index in [1.54, 1.807) is 18.4 Å². The molecule has 2 heterocycles. The molecule has 0 saturated heterocycles. The Bertz CT molecular complexity index is 905. The maximum atomic E-state index is 12.6. The summed E-state index contributed by atoms with van der Waals surface area (Å²) in [7, 11) is 3.56. The summed E-state index contributed by atoms with van der Waals surface area (Å²) in [5.41, 5.74) is 1.06. The van der Waals surface area contributed by atoms with E-state index < -0.39 is 0 Å². The van der Waals surface area contributed by atoms with E-state index >= 15 is 0 Å². The van der Waals surface area contributed by atoms with Crippen LogP contribution < -0.4 is 10.1 Å². The molecular weight excluding hydrogens is 392 g/mol. The van der Waals surface area contributed by atoms with Gasteiger partial charge in [0.05, 0.1) is 23.8 Å². The number of aromatic nitrogens is 3. The summed E-state index contributed by atoms with van der Waals surface area (Å²) in [6.07, 6.45) is 0. The van der Waals surface area contributed by atoms with Crippen LogP contribution in [0.1, 0.15) is 25.5 Å². The topological polar surface area (TPSA) is 69.0 Å². The first-order valence-electron chi connectivity index (χ1n) is 8.99. The molecule has 0 spiro atoms. The van der Waals surface area contributed by atoms with Gasteiger partial charge in [-0.1, -0.05) is 43.8 Å². The Balaban J connectivity index is 1.62. The third-order valence-corrected chi connectivity index (χ3v) is 6.25. The first kappa shape index (κ1) is 20.4. The fourth-order valence-electron chi connectivity index (χ4n) is 2.85. The van der Waals surface area contributed by atoms with E-state index in [1.165, 1.54) is 11.8 Å². The molecule has 0 aliphatic heterocycles. The third-order valence-electron chi connectivity index (χ3n) is 4.37. The molecule has 1 aromatic carbocycles. The van der Waals surface area contributed by atoms with Crippen molar-refractivity contribution in [2.75, 3.05) is 12.9 Å². The van der Waals surface area contributed by atoms with Crippen LogP contribution in [0.3, 0.4) is 0 Å². The van der Waals surface area contributed by atoms with Crippen molar-refractivity contribution in [3.05, 3.63) is 47.3 Å². The first-order chi connectivity index (χ1) is 13.5. The number of amides is 1. The molecule has 2 aromatic heterocycles. The highest BCUT2D eigenvalue weighted by molar-refractivity contribution is 7.99. The number of rotatable bonds is 8. The molecule has 0 aliphatic carbocycles. The number of carbonyl (C=O) groups excluding carboxylic acids is 1. The molecule has 0 bridgehead atoms. The van der Waals surface area contributed by atoms with Crippen LogP contribution in [0, 0.1) is 5.92 Å². The lowest BCUT2D eigenvalue weighted by Gasteiger charge is -2.23. The Morgan fingerprint density at radius 3 is 2.61 bits per heavy atom.